The summed E-state index contributed by atoms with van der Waals surface area (Å²) in [4.78, 5) is 29.3. The quantitative estimate of drug-likeness (QED) is 0.452. The Bertz CT molecular complexity index is 694. The van der Waals surface area contributed by atoms with Gasteiger partial charge in [0.1, 0.15) is 12.6 Å². The third-order valence-electron chi connectivity index (χ3n) is 5.45. The van der Waals surface area contributed by atoms with Crippen LogP contribution in [0.4, 0.5) is 4.79 Å². The van der Waals surface area contributed by atoms with Crippen molar-refractivity contribution < 1.29 is 14.3 Å². The molecule has 0 N–H and O–H groups in total. The van der Waals surface area contributed by atoms with Crippen LogP contribution in [-0.4, -0.2) is 35.6 Å². The number of carbonyl (C=O) groups is 2. The molecule has 0 bridgehead atoms. The summed E-state index contributed by atoms with van der Waals surface area (Å²) < 4.78 is 5.14. The largest absolute Gasteiger partial charge is 0.447 e. The molecule has 0 unspecified atom stereocenters. The number of imide groups is 1. The maximum absolute atomic E-state index is 13.1. The smallest absolute Gasteiger partial charge is 0.416 e. The van der Waals surface area contributed by atoms with Crippen molar-refractivity contribution in [1.82, 2.24) is 4.90 Å². The van der Waals surface area contributed by atoms with Gasteiger partial charge >= 0.3 is 6.09 Å². The second-order valence-corrected chi connectivity index (χ2v) is 7.30. The molecule has 0 spiro atoms. The van der Waals surface area contributed by atoms with E-state index in [2.05, 4.69) is 16.9 Å². The molecule has 1 aromatic rings. The fourth-order valence-corrected chi connectivity index (χ4v) is 3.91. The molecule has 0 aromatic heterocycles. The molecule has 26 heavy (non-hydrogen) atoms. The minimum atomic E-state index is -0.837. The number of ether oxygens (including phenoxy) is 1. The number of cyclic esters (lactones) is 1. The lowest BCUT2D eigenvalue weighted by Gasteiger charge is -2.32. The van der Waals surface area contributed by atoms with Crippen LogP contribution in [-0.2, 0) is 16.0 Å². The van der Waals surface area contributed by atoms with Crippen LogP contribution in [0, 0.1) is 11.8 Å². The molecule has 2 fully saturated rings. The molecule has 1 aliphatic heterocycles. The fourth-order valence-electron chi connectivity index (χ4n) is 3.91. The normalized spacial score (nSPS) is 26.7. The second kappa shape index (κ2) is 8.23. The van der Waals surface area contributed by atoms with Crippen molar-refractivity contribution >= 4 is 12.0 Å². The third-order valence-corrected chi connectivity index (χ3v) is 5.45. The molecule has 3 rings (SSSR count). The molecule has 7 nitrogen and oxygen atoms in total. The first-order chi connectivity index (χ1) is 12.6. The van der Waals surface area contributed by atoms with Gasteiger partial charge < -0.3 is 4.74 Å². The zero-order valence-electron chi connectivity index (χ0n) is 15.0. The minimum Gasteiger partial charge on any atom is -0.447 e. The zero-order chi connectivity index (χ0) is 18.5. The lowest BCUT2D eigenvalue weighted by Crippen LogP contribution is -2.47. The van der Waals surface area contributed by atoms with Crippen molar-refractivity contribution in [2.24, 2.45) is 17.0 Å². The Morgan fingerprint density at radius 1 is 1.31 bits per heavy atom. The van der Waals surface area contributed by atoms with Crippen LogP contribution in [0.2, 0.25) is 0 Å². The summed E-state index contributed by atoms with van der Waals surface area (Å²) in [6.07, 6.45) is 3.58. The van der Waals surface area contributed by atoms with Gasteiger partial charge in [0.05, 0.1) is 6.04 Å². The standard InChI is InChI=1S/C19H24N4O3/c1-13-7-9-15(10-8-13)17(21-22-20)18(24)23-16(12-26-19(23)25)11-14-5-3-2-4-6-14/h2-6,13,15-17H,7-12H2,1H3/t13-,15-,16-,17-/m0/s1. The first-order valence-corrected chi connectivity index (χ1v) is 9.18. The van der Waals surface area contributed by atoms with E-state index in [-0.39, 0.29) is 18.6 Å². The van der Waals surface area contributed by atoms with Crippen LogP contribution in [0.25, 0.3) is 10.4 Å². The number of benzene rings is 1. The number of hydrogen-bond donors (Lipinski definition) is 0. The molecule has 7 heteroatoms. The second-order valence-electron chi connectivity index (χ2n) is 7.30. The monoisotopic (exact) mass is 356 g/mol. The van der Waals surface area contributed by atoms with Crippen molar-refractivity contribution in [1.29, 1.82) is 0 Å². The average molecular weight is 356 g/mol. The van der Waals surface area contributed by atoms with Gasteiger partial charge in [-0.15, -0.1) is 0 Å². The zero-order valence-corrected chi connectivity index (χ0v) is 15.0. The first kappa shape index (κ1) is 18.3. The Balaban J connectivity index is 1.77. The highest BCUT2D eigenvalue weighted by molar-refractivity contribution is 5.96. The molecule has 2 atom stereocenters. The van der Waals surface area contributed by atoms with E-state index in [1.165, 1.54) is 4.90 Å². The van der Waals surface area contributed by atoms with E-state index in [0.717, 1.165) is 31.2 Å². The van der Waals surface area contributed by atoms with E-state index in [4.69, 9.17) is 10.3 Å². The van der Waals surface area contributed by atoms with Crippen LogP contribution in [0.3, 0.4) is 0 Å². The molecule has 0 radical (unpaired) electrons. The highest BCUT2D eigenvalue weighted by Gasteiger charge is 2.43. The van der Waals surface area contributed by atoms with Gasteiger partial charge in [0.2, 0.25) is 5.91 Å². The Kier molecular flexibility index (Phi) is 5.78. The summed E-state index contributed by atoms with van der Waals surface area (Å²) in [5.74, 6) is 0.182. The van der Waals surface area contributed by atoms with E-state index in [1.807, 2.05) is 30.3 Å². The number of nitrogens with zero attached hydrogens (tertiary/aromatic N) is 4. The van der Waals surface area contributed by atoms with Gasteiger partial charge in [0, 0.05) is 4.91 Å². The van der Waals surface area contributed by atoms with Crippen molar-refractivity contribution in [2.75, 3.05) is 6.61 Å². The van der Waals surface area contributed by atoms with Gasteiger partial charge in [-0.05, 0) is 42.2 Å². The predicted molar refractivity (Wildman–Crippen MR) is 96.2 cm³/mol. The molecule has 138 valence electrons. The first-order valence-electron chi connectivity index (χ1n) is 9.18. The lowest BCUT2D eigenvalue weighted by molar-refractivity contribution is -0.132. The van der Waals surface area contributed by atoms with Crippen molar-refractivity contribution in [3.05, 3.63) is 46.3 Å². The Labute approximate surface area is 152 Å². The molecular weight excluding hydrogens is 332 g/mol. The summed E-state index contributed by atoms with van der Waals surface area (Å²) in [6.45, 7) is 2.36. The van der Waals surface area contributed by atoms with E-state index in [1.54, 1.807) is 0 Å². The van der Waals surface area contributed by atoms with E-state index in [9.17, 15) is 9.59 Å². The summed E-state index contributed by atoms with van der Waals surface area (Å²) >= 11 is 0. The van der Waals surface area contributed by atoms with Gasteiger partial charge in [-0.1, -0.05) is 55.2 Å². The van der Waals surface area contributed by atoms with Crippen molar-refractivity contribution in [3.8, 4) is 0 Å². The van der Waals surface area contributed by atoms with E-state index < -0.39 is 18.0 Å². The topological polar surface area (TPSA) is 95.4 Å². The molecule has 1 saturated carbocycles. The highest BCUT2D eigenvalue weighted by atomic mass is 16.6. The van der Waals surface area contributed by atoms with Gasteiger partial charge in [-0.2, -0.15) is 0 Å². The number of carbonyl (C=O) groups excluding carboxylic acids is 2. The van der Waals surface area contributed by atoms with Gasteiger partial charge in [-0.25, -0.2) is 9.69 Å². The maximum atomic E-state index is 13.1. The number of amides is 2. The summed E-state index contributed by atoms with van der Waals surface area (Å²) in [6, 6.07) is 8.48. The summed E-state index contributed by atoms with van der Waals surface area (Å²) in [7, 11) is 0. The summed E-state index contributed by atoms with van der Waals surface area (Å²) in [5, 5.41) is 3.77. The molecule has 1 aliphatic carbocycles. The minimum absolute atomic E-state index is 0.0135. The average Bonchev–Trinajstić information content (AvgIpc) is 3.01. The Hall–Kier alpha value is -2.53. The van der Waals surface area contributed by atoms with Crippen molar-refractivity contribution in [3.63, 3.8) is 0 Å². The van der Waals surface area contributed by atoms with Crippen molar-refractivity contribution in [2.45, 2.75) is 51.1 Å². The van der Waals surface area contributed by atoms with E-state index >= 15 is 0 Å². The lowest BCUT2D eigenvalue weighted by atomic mass is 9.79. The van der Waals surface area contributed by atoms with Gasteiger partial charge in [-0.3, -0.25) is 4.79 Å². The Morgan fingerprint density at radius 3 is 2.65 bits per heavy atom. The molecular formula is C19H24N4O3. The van der Waals surface area contributed by atoms with E-state index in [0.29, 0.717) is 12.3 Å². The number of azide groups is 1. The van der Waals surface area contributed by atoms with Crippen LogP contribution in [0.1, 0.15) is 38.2 Å². The molecule has 1 aromatic carbocycles. The SMILES string of the molecule is C[C@H]1CC[C@H]([C@H](N=[N+]=[N-])C(=O)N2C(=O)OC[C@@H]2Cc2ccccc2)CC1. The number of rotatable bonds is 5. The Morgan fingerprint density at radius 2 is 2.00 bits per heavy atom. The summed E-state index contributed by atoms with van der Waals surface area (Å²) in [5.41, 5.74) is 9.98. The van der Waals surface area contributed by atoms with Gasteiger partial charge in [0.15, 0.2) is 0 Å². The van der Waals surface area contributed by atoms with Gasteiger partial charge in [0.25, 0.3) is 0 Å². The predicted octanol–water partition coefficient (Wildman–Crippen LogP) is 4.08. The fraction of sp³-hybridized carbons (Fsp3) is 0.579. The van der Waals surface area contributed by atoms with Crippen LogP contribution in [0.5, 0.6) is 0 Å². The molecule has 2 aliphatic rings. The number of hydrogen-bond acceptors (Lipinski definition) is 4. The highest BCUT2D eigenvalue weighted by Crippen LogP contribution is 2.33. The molecule has 1 saturated heterocycles. The van der Waals surface area contributed by atoms with Crippen LogP contribution >= 0.6 is 0 Å². The third kappa shape index (κ3) is 3.99. The molecule has 1 heterocycles. The maximum Gasteiger partial charge on any atom is 0.416 e. The molecule has 2 amide bonds. The van der Waals surface area contributed by atoms with Crippen LogP contribution in [0.15, 0.2) is 35.4 Å². The van der Waals surface area contributed by atoms with Crippen LogP contribution < -0.4 is 0 Å².